The number of nitrogens with one attached hydrogen (secondary N) is 1. The third-order valence-corrected chi connectivity index (χ3v) is 6.51. The second-order valence-electron chi connectivity index (χ2n) is 8.31. The van der Waals surface area contributed by atoms with Crippen molar-refractivity contribution in [3.63, 3.8) is 0 Å². The van der Waals surface area contributed by atoms with E-state index >= 15 is 0 Å². The number of rotatable bonds is 2. The van der Waals surface area contributed by atoms with Gasteiger partial charge in [-0.3, -0.25) is 4.90 Å². The Labute approximate surface area is 158 Å². The van der Waals surface area contributed by atoms with Gasteiger partial charge in [-0.05, 0) is 61.8 Å². The zero-order chi connectivity index (χ0) is 18.1. The molecule has 1 atom stereocenters. The average Bonchev–Trinajstić information content (AvgIpc) is 2.94. The topological polar surface area (TPSA) is 27.6 Å². The van der Waals surface area contributed by atoms with Crippen molar-refractivity contribution in [3.05, 3.63) is 28.8 Å². The number of likely N-dealkylation sites (N-methyl/N-ethyl adjacent to an activating group) is 1. The summed E-state index contributed by atoms with van der Waals surface area (Å²) < 4.78 is 0. The normalized spacial score (nSPS) is 23.7. The minimum Gasteiger partial charge on any atom is -0.376 e. The van der Waals surface area contributed by atoms with Crippen molar-refractivity contribution in [2.24, 2.45) is 10.9 Å². The maximum atomic E-state index is 4.92. The van der Waals surface area contributed by atoms with Crippen molar-refractivity contribution >= 4 is 11.5 Å². The maximum Gasteiger partial charge on any atom is 0.113 e. The number of hydrogen-bond acceptors (Lipinski definition) is 3. The summed E-state index contributed by atoms with van der Waals surface area (Å²) in [5.41, 5.74) is 5.29. The first kappa shape index (κ1) is 17.6. The second-order valence-corrected chi connectivity index (χ2v) is 8.31. The van der Waals surface area contributed by atoms with Crippen LogP contribution < -0.4 is 5.32 Å². The molecule has 0 radical (unpaired) electrons. The molecule has 2 aliphatic heterocycles. The van der Waals surface area contributed by atoms with E-state index in [0.29, 0.717) is 0 Å². The van der Waals surface area contributed by atoms with Gasteiger partial charge in [0.15, 0.2) is 0 Å². The molecular formula is C23H31N3. The van der Waals surface area contributed by atoms with E-state index in [4.69, 9.17) is 4.99 Å². The van der Waals surface area contributed by atoms with E-state index in [1.54, 1.807) is 0 Å². The first-order valence-electron chi connectivity index (χ1n) is 10.3. The van der Waals surface area contributed by atoms with Gasteiger partial charge in [-0.1, -0.05) is 38.2 Å². The molecule has 138 valence electrons. The Morgan fingerprint density at radius 2 is 2.15 bits per heavy atom. The number of likely N-dealkylation sites (tertiary alicyclic amines) is 1. The Hall–Kier alpha value is -1.79. The summed E-state index contributed by atoms with van der Waals surface area (Å²) >= 11 is 0. The standard InChI is InChI=1S/C23H31N3/c1-4-18-14-20-21(25-22(24-3)23(20)10-7-11-23)15-19(18)9-6-13-26-12-5-8-17(2)16-26/h14-15,17H,4-5,7-8,10-13,16H2,1-3H3,(H,24,25). The summed E-state index contributed by atoms with van der Waals surface area (Å²) in [7, 11) is 2.01. The van der Waals surface area contributed by atoms with Gasteiger partial charge in [-0.25, -0.2) is 4.99 Å². The Bertz CT molecular complexity index is 777. The van der Waals surface area contributed by atoms with Crippen LogP contribution in [0.25, 0.3) is 0 Å². The highest BCUT2D eigenvalue weighted by molar-refractivity contribution is 6.01. The second kappa shape index (κ2) is 7.08. The monoisotopic (exact) mass is 349 g/mol. The van der Waals surface area contributed by atoms with E-state index in [1.165, 1.54) is 61.9 Å². The van der Waals surface area contributed by atoms with Crippen LogP contribution in [0.1, 0.15) is 62.6 Å². The first-order valence-corrected chi connectivity index (χ1v) is 10.3. The van der Waals surface area contributed by atoms with E-state index in [9.17, 15) is 0 Å². The molecule has 1 saturated heterocycles. The molecule has 1 aromatic carbocycles. The quantitative estimate of drug-likeness (QED) is 0.817. The van der Waals surface area contributed by atoms with E-state index in [1.807, 2.05) is 7.05 Å². The van der Waals surface area contributed by atoms with E-state index in [-0.39, 0.29) is 5.41 Å². The van der Waals surface area contributed by atoms with Crippen LogP contribution in [0.3, 0.4) is 0 Å². The predicted molar refractivity (Wildman–Crippen MR) is 109 cm³/mol. The van der Waals surface area contributed by atoms with Crippen LogP contribution in [-0.4, -0.2) is 37.4 Å². The molecule has 0 amide bonds. The van der Waals surface area contributed by atoms with Gasteiger partial charge in [0, 0.05) is 19.2 Å². The molecule has 2 heterocycles. The Kier molecular flexibility index (Phi) is 4.80. The van der Waals surface area contributed by atoms with Crippen molar-refractivity contribution in [1.82, 2.24) is 10.2 Å². The predicted octanol–water partition coefficient (Wildman–Crippen LogP) is 4.02. The minimum absolute atomic E-state index is 0.171. The van der Waals surface area contributed by atoms with Gasteiger partial charge in [0.2, 0.25) is 0 Å². The summed E-state index contributed by atoms with van der Waals surface area (Å²) in [6.45, 7) is 7.87. The molecule has 3 heteroatoms. The maximum absolute atomic E-state index is 4.92. The lowest BCUT2D eigenvalue weighted by Crippen LogP contribution is -2.45. The summed E-state index contributed by atoms with van der Waals surface area (Å²) in [5.74, 6) is 8.88. The fourth-order valence-corrected chi connectivity index (χ4v) is 4.88. The molecule has 1 spiro atoms. The smallest absolute Gasteiger partial charge is 0.113 e. The number of fused-ring (bicyclic) bond motifs is 2. The van der Waals surface area contributed by atoms with E-state index in [2.05, 4.69) is 48.0 Å². The van der Waals surface area contributed by atoms with Crippen molar-refractivity contribution in [3.8, 4) is 11.8 Å². The molecule has 4 rings (SSSR count). The van der Waals surface area contributed by atoms with Crippen LogP contribution in [0.2, 0.25) is 0 Å². The number of amidine groups is 1. The number of aryl methyl sites for hydroxylation is 1. The number of nitrogens with zero attached hydrogens (tertiary/aromatic N) is 2. The Balaban J connectivity index is 1.58. The minimum atomic E-state index is 0.171. The lowest BCUT2D eigenvalue weighted by Gasteiger charge is -2.40. The number of aliphatic imine (C=N–C) groups is 1. The summed E-state index contributed by atoms with van der Waals surface area (Å²) in [6.07, 6.45) is 7.45. The number of piperidine rings is 1. The van der Waals surface area contributed by atoms with Crippen LogP contribution in [0, 0.1) is 17.8 Å². The molecule has 1 unspecified atom stereocenters. The highest BCUT2D eigenvalue weighted by Crippen LogP contribution is 2.52. The Morgan fingerprint density at radius 1 is 1.31 bits per heavy atom. The molecule has 0 bridgehead atoms. The lowest BCUT2D eigenvalue weighted by molar-refractivity contribution is 0.204. The summed E-state index contributed by atoms with van der Waals surface area (Å²) in [5, 5.41) is 3.36. The van der Waals surface area contributed by atoms with Crippen LogP contribution >= 0.6 is 0 Å². The number of hydrogen-bond donors (Lipinski definition) is 1. The molecule has 26 heavy (non-hydrogen) atoms. The zero-order valence-electron chi connectivity index (χ0n) is 16.5. The molecular weight excluding hydrogens is 318 g/mol. The van der Waals surface area contributed by atoms with Gasteiger partial charge in [-0.15, -0.1) is 0 Å². The molecule has 3 aliphatic rings. The zero-order valence-corrected chi connectivity index (χ0v) is 16.5. The van der Waals surface area contributed by atoms with E-state index < -0.39 is 0 Å². The van der Waals surface area contributed by atoms with Crippen molar-refractivity contribution in [2.45, 2.75) is 57.8 Å². The molecule has 2 fully saturated rings. The molecule has 1 aromatic rings. The first-order chi connectivity index (χ1) is 12.7. The molecule has 1 aliphatic carbocycles. The van der Waals surface area contributed by atoms with Gasteiger partial charge < -0.3 is 5.32 Å². The van der Waals surface area contributed by atoms with Gasteiger partial charge in [0.05, 0.1) is 17.6 Å². The van der Waals surface area contributed by atoms with Crippen LogP contribution in [0.15, 0.2) is 17.1 Å². The average molecular weight is 350 g/mol. The highest BCUT2D eigenvalue weighted by Gasteiger charge is 2.48. The van der Waals surface area contributed by atoms with Crippen LogP contribution in [0.4, 0.5) is 5.69 Å². The van der Waals surface area contributed by atoms with Crippen molar-refractivity contribution in [1.29, 1.82) is 0 Å². The largest absolute Gasteiger partial charge is 0.376 e. The van der Waals surface area contributed by atoms with Gasteiger partial charge >= 0.3 is 0 Å². The van der Waals surface area contributed by atoms with Crippen molar-refractivity contribution < 1.29 is 0 Å². The van der Waals surface area contributed by atoms with Crippen molar-refractivity contribution in [2.75, 3.05) is 26.7 Å². The molecule has 3 nitrogen and oxygen atoms in total. The van der Waals surface area contributed by atoms with E-state index in [0.717, 1.165) is 30.4 Å². The van der Waals surface area contributed by atoms with Gasteiger partial charge in [0.1, 0.15) is 5.84 Å². The molecule has 1 N–H and O–H groups in total. The fourth-order valence-electron chi connectivity index (χ4n) is 4.88. The van der Waals surface area contributed by atoms with Crippen LogP contribution in [-0.2, 0) is 11.8 Å². The third-order valence-electron chi connectivity index (χ3n) is 6.51. The fraction of sp³-hybridized carbons (Fsp3) is 0.609. The number of benzene rings is 1. The highest BCUT2D eigenvalue weighted by atomic mass is 15.1. The summed E-state index contributed by atoms with van der Waals surface area (Å²) in [6, 6.07) is 4.64. The molecule has 1 saturated carbocycles. The lowest BCUT2D eigenvalue weighted by atomic mass is 9.64. The van der Waals surface area contributed by atoms with Gasteiger partial charge in [-0.2, -0.15) is 0 Å². The molecule has 0 aromatic heterocycles. The third kappa shape index (κ3) is 2.95. The van der Waals surface area contributed by atoms with Crippen LogP contribution in [0.5, 0.6) is 0 Å². The summed E-state index contributed by atoms with van der Waals surface area (Å²) in [4.78, 5) is 7.42. The van der Waals surface area contributed by atoms with Gasteiger partial charge in [0.25, 0.3) is 0 Å². The SMILES string of the molecule is CCc1cc2c(cc1C#CCN1CCCC(C)C1)N=C(NC)C21CCC1. The Morgan fingerprint density at radius 3 is 2.81 bits per heavy atom.